The molecule has 3 aromatic rings. The maximum absolute atomic E-state index is 13.8. The van der Waals surface area contributed by atoms with Gasteiger partial charge in [0.15, 0.2) is 18.3 Å². The molecule has 0 spiro atoms. The topological polar surface area (TPSA) is 123 Å². The summed E-state index contributed by atoms with van der Waals surface area (Å²) in [6.07, 6.45) is -0.931. The number of hydrogen-bond donors (Lipinski definition) is 1. The predicted molar refractivity (Wildman–Crippen MR) is 197 cm³/mol. The summed E-state index contributed by atoms with van der Waals surface area (Å²) in [4.78, 5) is 41.3. The largest absolute Gasteiger partial charge is 0.598 e. The van der Waals surface area contributed by atoms with Crippen LogP contribution in [-0.2, 0) is 30.3 Å². The molecule has 266 valence electrons. The van der Waals surface area contributed by atoms with Gasteiger partial charge in [-0.2, -0.15) is 0 Å². The molecule has 3 aromatic carbocycles. The van der Waals surface area contributed by atoms with E-state index in [0.29, 0.717) is 12.2 Å². The first-order chi connectivity index (χ1) is 23.9. The lowest BCUT2D eigenvalue weighted by molar-refractivity contribution is -0.207. The number of benzene rings is 3. The van der Waals surface area contributed by atoms with Gasteiger partial charge in [-0.1, -0.05) is 73.7 Å². The quantitative estimate of drug-likeness (QED) is 0.0581. The minimum Gasteiger partial charge on any atom is -0.598 e. The lowest BCUT2D eigenvalue weighted by atomic mass is 9.88. The van der Waals surface area contributed by atoms with Crippen LogP contribution in [0.25, 0.3) is 0 Å². The highest BCUT2D eigenvalue weighted by Crippen LogP contribution is 2.38. The van der Waals surface area contributed by atoms with Crippen molar-refractivity contribution in [3.63, 3.8) is 0 Å². The Kier molecular flexibility index (Phi) is 14.3. The van der Waals surface area contributed by atoms with Crippen molar-refractivity contribution in [1.82, 2.24) is 4.72 Å². The number of hydrogen-bond acceptors (Lipinski definition) is 10. The van der Waals surface area contributed by atoms with Crippen LogP contribution in [0.3, 0.4) is 0 Å². The van der Waals surface area contributed by atoms with Gasteiger partial charge < -0.3 is 23.5 Å². The van der Waals surface area contributed by atoms with Gasteiger partial charge in [0.1, 0.15) is 16.3 Å². The van der Waals surface area contributed by atoms with E-state index in [9.17, 15) is 18.9 Å². The number of carbonyl (C=O) groups excluding carboxylic acids is 3. The smallest absolute Gasteiger partial charge is 0.338 e. The van der Waals surface area contributed by atoms with Crippen molar-refractivity contribution in [1.29, 1.82) is 0 Å². The normalized spacial score (nSPS) is 22.3. The number of allylic oxidation sites excluding steroid dienone is 1. The number of carbonyl (C=O) groups is 3. The fourth-order valence-corrected chi connectivity index (χ4v) is 7.23. The summed E-state index contributed by atoms with van der Waals surface area (Å²) in [7, 11) is 0. The summed E-state index contributed by atoms with van der Waals surface area (Å²) in [5.74, 6) is -1.96. The Bertz CT molecular complexity index is 1570. The molecular weight excluding hydrogens is 675 g/mol. The van der Waals surface area contributed by atoms with Crippen LogP contribution >= 0.6 is 11.8 Å². The minimum atomic E-state index is -1.60. The lowest BCUT2D eigenvalue weighted by Crippen LogP contribution is -2.67. The maximum Gasteiger partial charge on any atom is 0.338 e. The molecule has 1 aliphatic rings. The van der Waals surface area contributed by atoms with Gasteiger partial charge >= 0.3 is 17.9 Å². The van der Waals surface area contributed by atoms with Gasteiger partial charge in [0.25, 0.3) is 0 Å². The second kappa shape index (κ2) is 18.4. The molecule has 8 atom stereocenters. The molecule has 1 aliphatic heterocycles. The van der Waals surface area contributed by atoms with Gasteiger partial charge in [0, 0.05) is 11.4 Å². The zero-order chi connectivity index (χ0) is 36.3. The van der Waals surface area contributed by atoms with E-state index in [0.717, 1.165) is 0 Å². The van der Waals surface area contributed by atoms with Crippen LogP contribution in [0.1, 0.15) is 65.2 Å². The number of rotatable bonds is 15. The van der Waals surface area contributed by atoms with Gasteiger partial charge in [-0.3, -0.25) is 0 Å². The van der Waals surface area contributed by atoms with Crippen LogP contribution in [-0.4, -0.2) is 68.9 Å². The fourth-order valence-electron chi connectivity index (χ4n) is 5.14. The van der Waals surface area contributed by atoms with Gasteiger partial charge in [0.05, 0.1) is 22.7 Å². The van der Waals surface area contributed by atoms with Crippen molar-refractivity contribution >= 4 is 41.0 Å². The summed E-state index contributed by atoms with van der Waals surface area (Å²) in [5, 5.41) is 0. The molecule has 0 bridgehead atoms. The SMILES string of the molecule is C=CCCSC1OC([C@H](N[S@+]([O-])C(C)(C)C)[C@H](C)C=C)C(OC(=O)c2ccccc2)C(OC(=O)c2ccccc2)C1OC(=O)c1ccccc1. The summed E-state index contributed by atoms with van der Waals surface area (Å²) >= 11 is -0.255. The van der Waals surface area contributed by atoms with Crippen molar-refractivity contribution < 1.29 is 37.9 Å². The van der Waals surface area contributed by atoms with Gasteiger partial charge in [-0.25, -0.2) is 14.4 Å². The average Bonchev–Trinajstić information content (AvgIpc) is 3.12. The van der Waals surface area contributed by atoms with Crippen molar-refractivity contribution in [3.05, 3.63) is 133 Å². The summed E-state index contributed by atoms with van der Waals surface area (Å²) < 4.78 is 41.6. The van der Waals surface area contributed by atoms with Crippen LogP contribution in [0, 0.1) is 5.92 Å². The second-order valence-corrected chi connectivity index (χ2v) is 15.9. The third kappa shape index (κ3) is 10.3. The Labute approximate surface area is 302 Å². The molecular formula is C39H45NO8S2. The van der Waals surface area contributed by atoms with Crippen molar-refractivity contribution in [2.24, 2.45) is 5.92 Å². The Balaban J connectivity index is 1.88. The molecule has 4 rings (SSSR count). The van der Waals surface area contributed by atoms with E-state index >= 15 is 0 Å². The average molecular weight is 720 g/mol. The third-order valence-electron chi connectivity index (χ3n) is 7.98. The highest BCUT2D eigenvalue weighted by molar-refractivity contribution is 7.99. The first kappa shape index (κ1) is 38.9. The molecule has 0 radical (unpaired) electrons. The Morgan fingerprint density at radius 1 is 0.820 bits per heavy atom. The Morgan fingerprint density at radius 2 is 1.26 bits per heavy atom. The van der Waals surface area contributed by atoms with E-state index in [1.807, 2.05) is 27.7 Å². The number of nitrogens with one attached hydrogen (secondary N) is 1. The van der Waals surface area contributed by atoms with Crippen LogP contribution in [0.4, 0.5) is 0 Å². The van der Waals surface area contributed by atoms with Crippen LogP contribution < -0.4 is 4.72 Å². The van der Waals surface area contributed by atoms with E-state index in [1.165, 1.54) is 11.8 Å². The van der Waals surface area contributed by atoms with Gasteiger partial charge in [-0.05, 0) is 75.3 Å². The molecule has 0 aliphatic carbocycles. The summed E-state index contributed by atoms with van der Waals surface area (Å²) in [6, 6.07) is 24.4. The highest BCUT2D eigenvalue weighted by Gasteiger charge is 2.56. The molecule has 1 saturated heterocycles. The molecule has 1 fully saturated rings. The Morgan fingerprint density at radius 3 is 1.68 bits per heavy atom. The van der Waals surface area contributed by atoms with Gasteiger partial charge in [-0.15, -0.1) is 29.6 Å². The third-order valence-corrected chi connectivity index (χ3v) is 10.8. The van der Waals surface area contributed by atoms with Crippen molar-refractivity contribution in [2.45, 2.75) is 74.8 Å². The molecule has 5 unspecified atom stereocenters. The zero-order valence-electron chi connectivity index (χ0n) is 28.8. The van der Waals surface area contributed by atoms with E-state index in [2.05, 4.69) is 17.9 Å². The summed E-state index contributed by atoms with van der Waals surface area (Å²) in [5.41, 5.74) is -0.136. The van der Waals surface area contributed by atoms with E-state index in [1.54, 1.807) is 103 Å². The number of esters is 3. The van der Waals surface area contributed by atoms with E-state index in [-0.39, 0.29) is 22.6 Å². The minimum absolute atomic E-state index is 0.246. The number of thioether (sulfide) groups is 1. The highest BCUT2D eigenvalue weighted by atomic mass is 32.2. The molecule has 11 heteroatoms. The lowest BCUT2D eigenvalue weighted by Gasteiger charge is -2.47. The summed E-state index contributed by atoms with van der Waals surface area (Å²) in [6.45, 7) is 15.2. The monoisotopic (exact) mass is 719 g/mol. The Hall–Kier alpha value is -3.87. The zero-order valence-corrected chi connectivity index (χ0v) is 30.4. The maximum atomic E-state index is 13.8. The first-order valence-electron chi connectivity index (χ1n) is 16.4. The molecule has 1 N–H and O–H groups in total. The van der Waals surface area contributed by atoms with Crippen molar-refractivity contribution in [3.8, 4) is 0 Å². The van der Waals surface area contributed by atoms with E-state index < -0.39 is 69.9 Å². The predicted octanol–water partition coefficient (Wildman–Crippen LogP) is 6.94. The first-order valence-corrected chi connectivity index (χ1v) is 18.6. The van der Waals surface area contributed by atoms with Crippen LogP contribution in [0.2, 0.25) is 0 Å². The van der Waals surface area contributed by atoms with Gasteiger partial charge in [0.2, 0.25) is 0 Å². The molecule has 50 heavy (non-hydrogen) atoms. The van der Waals surface area contributed by atoms with E-state index in [4.69, 9.17) is 18.9 Å². The number of ether oxygens (including phenoxy) is 4. The molecule has 0 saturated carbocycles. The molecule has 0 amide bonds. The standard InChI is InChI=1S/C39H45NO8S2/c1-7-9-25-49-38-34(47-37(43)29-23-17-12-18-24-29)33(46-36(42)28-21-15-11-16-22-28)32(45-35(41)27-19-13-10-14-20-27)31(48-38)30(26(3)8-2)40-50(44)39(4,5)6/h7-8,10-24,26,30-34,38,40H,1-2,9,25H2,3-6H3/t26-,30-,31?,32?,33?,34?,38?,50-/m1/s1. The second-order valence-electron chi connectivity index (χ2n) is 12.7. The molecule has 1 heterocycles. The fraction of sp³-hybridized carbons (Fsp3) is 0.359. The van der Waals surface area contributed by atoms with Crippen LogP contribution in [0.15, 0.2) is 116 Å². The van der Waals surface area contributed by atoms with Crippen LogP contribution in [0.5, 0.6) is 0 Å². The molecule has 0 aromatic heterocycles. The molecule has 9 nitrogen and oxygen atoms in total. The van der Waals surface area contributed by atoms with Crippen molar-refractivity contribution in [2.75, 3.05) is 5.75 Å².